The summed E-state index contributed by atoms with van der Waals surface area (Å²) < 4.78 is 6.38. The Balaban J connectivity index is 1.94. The highest BCUT2D eigenvalue weighted by atomic mass is 79.9. The van der Waals surface area contributed by atoms with Gasteiger partial charge in [0.05, 0.1) is 6.10 Å². The number of hydrogen-bond acceptors (Lipinski definition) is 5. The van der Waals surface area contributed by atoms with Gasteiger partial charge < -0.3 is 14.7 Å². The van der Waals surface area contributed by atoms with Crippen LogP contribution >= 0.6 is 15.9 Å². The number of Topliss-reactive ketones (excluding diaryl/α,β-unsaturated/α-hetero) is 1. The Morgan fingerprint density at radius 2 is 2.00 bits per heavy atom. The first-order valence-corrected chi connectivity index (χ1v) is 10.3. The molecule has 7 heteroatoms. The molecule has 0 saturated carbocycles. The zero-order chi connectivity index (χ0) is 20.4. The van der Waals surface area contributed by atoms with Gasteiger partial charge in [-0.25, -0.2) is 4.79 Å². The van der Waals surface area contributed by atoms with Crippen molar-refractivity contribution in [3.8, 4) is 0 Å². The zero-order valence-electron chi connectivity index (χ0n) is 16.9. The molecule has 1 N–H and O–H groups in total. The van der Waals surface area contributed by atoms with Gasteiger partial charge in [0, 0.05) is 42.3 Å². The van der Waals surface area contributed by atoms with Gasteiger partial charge in [0.2, 0.25) is 0 Å². The van der Waals surface area contributed by atoms with E-state index in [9.17, 15) is 14.7 Å². The van der Waals surface area contributed by atoms with E-state index in [0.29, 0.717) is 31.8 Å². The highest BCUT2D eigenvalue weighted by Gasteiger charge is 2.32. The molecule has 27 heavy (non-hydrogen) atoms. The molecule has 2 rings (SSSR count). The van der Waals surface area contributed by atoms with Gasteiger partial charge in [-0.05, 0) is 59.1 Å². The van der Waals surface area contributed by atoms with E-state index in [0.717, 1.165) is 22.9 Å². The second-order valence-electron chi connectivity index (χ2n) is 8.39. The molecule has 1 amide bonds. The third-order valence-corrected chi connectivity index (χ3v) is 5.66. The van der Waals surface area contributed by atoms with E-state index >= 15 is 0 Å². The maximum Gasteiger partial charge on any atom is 0.410 e. The number of piperazine rings is 1. The van der Waals surface area contributed by atoms with Crippen molar-refractivity contribution in [1.82, 2.24) is 9.80 Å². The van der Waals surface area contributed by atoms with E-state index in [4.69, 9.17) is 4.74 Å². The average Bonchev–Trinajstić information content (AvgIpc) is 2.53. The smallest absolute Gasteiger partial charge is 0.410 e. The summed E-state index contributed by atoms with van der Waals surface area (Å²) in [7, 11) is 0. The summed E-state index contributed by atoms with van der Waals surface area (Å²) in [4.78, 5) is 28.0. The van der Waals surface area contributed by atoms with Crippen LogP contribution in [0, 0.1) is 0 Å². The molecule has 0 bridgehead atoms. The van der Waals surface area contributed by atoms with Gasteiger partial charge in [0.1, 0.15) is 5.60 Å². The van der Waals surface area contributed by atoms with Crippen molar-refractivity contribution in [2.24, 2.45) is 0 Å². The van der Waals surface area contributed by atoms with Crippen molar-refractivity contribution in [3.05, 3.63) is 21.7 Å². The monoisotopic (exact) mass is 442 g/mol. The average molecular weight is 443 g/mol. The molecular formula is C20H31BrN2O4. The Hall–Kier alpha value is -1.18. The number of β-amino-alcohol motifs (C(OH)–C–C–N with tert-alkyl or cyclic N) is 1. The van der Waals surface area contributed by atoms with Crippen molar-refractivity contribution in [1.29, 1.82) is 0 Å². The number of nitrogens with zero attached hydrogens (tertiary/aromatic N) is 2. The molecule has 1 saturated heterocycles. The van der Waals surface area contributed by atoms with Gasteiger partial charge >= 0.3 is 6.09 Å². The number of aliphatic hydroxyl groups excluding tert-OH is 1. The van der Waals surface area contributed by atoms with Gasteiger partial charge in [-0.3, -0.25) is 9.69 Å². The fourth-order valence-electron chi connectivity index (χ4n) is 3.43. The number of carbonyl (C=O) groups is 2. The summed E-state index contributed by atoms with van der Waals surface area (Å²) in [5.41, 5.74) is 1.04. The highest BCUT2D eigenvalue weighted by Crippen LogP contribution is 2.30. The minimum absolute atomic E-state index is 0.00544. The maximum absolute atomic E-state index is 12.3. The van der Waals surface area contributed by atoms with Crippen molar-refractivity contribution >= 4 is 27.8 Å². The molecule has 1 heterocycles. The Labute approximate surface area is 170 Å². The van der Waals surface area contributed by atoms with Crippen LogP contribution in [0.1, 0.15) is 47.5 Å². The van der Waals surface area contributed by atoms with Gasteiger partial charge in [-0.15, -0.1) is 0 Å². The van der Waals surface area contributed by atoms with Crippen LogP contribution in [-0.2, 0) is 9.53 Å². The van der Waals surface area contributed by atoms with Crippen molar-refractivity contribution in [2.45, 2.75) is 65.2 Å². The summed E-state index contributed by atoms with van der Waals surface area (Å²) in [6.45, 7) is 11.6. The SMILES string of the molecule is CC(=O)C1=C(Br)CCC(C(O)CN2CCN(C(=O)OC(C)(C)C)[C@H](C)C2)=C1. The molecule has 1 aliphatic heterocycles. The molecule has 1 fully saturated rings. The lowest BCUT2D eigenvalue weighted by Crippen LogP contribution is -2.56. The minimum Gasteiger partial charge on any atom is -0.444 e. The highest BCUT2D eigenvalue weighted by molar-refractivity contribution is 9.11. The molecule has 0 aromatic carbocycles. The molecule has 152 valence electrons. The van der Waals surface area contributed by atoms with Crippen LogP contribution < -0.4 is 0 Å². The third kappa shape index (κ3) is 6.16. The molecule has 2 aliphatic rings. The molecule has 0 spiro atoms. The predicted octanol–water partition coefficient (Wildman–Crippen LogP) is 3.25. The van der Waals surface area contributed by atoms with Crippen molar-refractivity contribution < 1.29 is 19.4 Å². The first-order valence-electron chi connectivity index (χ1n) is 9.48. The molecular weight excluding hydrogens is 412 g/mol. The second kappa shape index (κ2) is 8.88. The Morgan fingerprint density at radius 3 is 2.56 bits per heavy atom. The fraction of sp³-hybridized carbons (Fsp3) is 0.700. The largest absolute Gasteiger partial charge is 0.444 e. The number of halogens is 1. The molecule has 0 radical (unpaired) electrons. The number of allylic oxidation sites excluding steroid dienone is 3. The predicted molar refractivity (Wildman–Crippen MR) is 109 cm³/mol. The van der Waals surface area contributed by atoms with Crippen LogP contribution in [-0.4, -0.2) is 70.7 Å². The lowest BCUT2D eigenvalue weighted by atomic mass is 9.93. The Bertz CT molecular complexity index is 651. The summed E-state index contributed by atoms with van der Waals surface area (Å²) in [5.74, 6) is 0.00544. The maximum atomic E-state index is 12.3. The van der Waals surface area contributed by atoms with E-state index in [-0.39, 0.29) is 17.9 Å². The van der Waals surface area contributed by atoms with Crippen molar-refractivity contribution in [2.75, 3.05) is 26.2 Å². The number of ether oxygens (including phenoxy) is 1. The summed E-state index contributed by atoms with van der Waals surface area (Å²) in [6, 6.07) is 0.0166. The second-order valence-corrected chi connectivity index (χ2v) is 9.35. The molecule has 6 nitrogen and oxygen atoms in total. The van der Waals surface area contributed by atoms with Gasteiger partial charge in [-0.1, -0.05) is 15.9 Å². The van der Waals surface area contributed by atoms with E-state index < -0.39 is 11.7 Å². The molecule has 1 unspecified atom stereocenters. The summed E-state index contributed by atoms with van der Waals surface area (Å²) in [5, 5.41) is 10.7. The van der Waals surface area contributed by atoms with Gasteiger partial charge in [0.25, 0.3) is 0 Å². The van der Waals surface area contributed by atoms with E-state index in [1.54, 1.807) is 11.8 Å². The standard InChI is InChI=1S/C20H31BrN2O4/c1-13-11-22(8-9-23(13)19(26)27-20(3,4)5)12-18(25)15-6-7-17(21)16(10-15)14(2)24/h10,13,18,25H,6-9,11-12H2,1-5H3/t13-,18?/m1/s1. The Kier molecular flexibility index (Phi) is 7.27. The zero-order valence-corrected chi connectivity index (χ0v) is 18.5. The van der Waals surface area contributed by atoms with E-state index in [1.165, 1.54) is 0 Å². The number of rotatable bonds is 4. The topological polar surface area (TPSA) is 70.1 Å². The van der Waals surface area contributed by atoms with Crippen LogP contribution in [0.25, 0.3) is 0 Å². The number of amides is 1. The van der Waals surface area contributed by atoms with Crippen LogP contribution in [0.5, 0.6) is 0 Å². The molecule has 0 aromatic rings. The van der Waals surface area contributed by atoms with E-state index in [1.807, 2.05) is 33.8 Å². The number of carbonyl (C=O) groups excluding carboxylic acids is 2. The first kappa shape index (κ1) is 22.1. The molecule has 1 aliphatic carbocycles. The van der Waals surface area contributed by atoms with Crippen molar-refractivity contribution in [3.63, 3.8) is 0 Å². The fourth-order valence-corrected chi connectivity index (χ4v) is 4.02. The molecule has 2 atom stereocenters. The van der Waals surface area contributed by atoms with Crippen LogP contribution in [0.4, 0.5) is 4.79 Å². The van der Waals surface area contributed by atoms with Crippen LogP contribution in [0.15, 0.2) is 21.7 Å². The normalized spacial score (nSPS) is 23.1. The van der Waals surface area contributed by atoms with Crippen LogP contribution in [0.3, 0.4) is 0 Å². The first-order chi connectivity index (χ1) is 12.5. The minimum atomic E-state index is -0.611. The quantitative estimate of drug-likeness (QED) is 0.723. The Morgan fingerprint density at radius 1 is 1.33 bits per heavy atom. The summed E-state index contributed by atoms with van der Waals surface area (Å²) >= 11 is 3.45. The molecule has 0 aromatic heterocycles. The van der Waals surface area contributed by atoms with Crippen LogP contribution in [0.2, 0.25) is 0 Å². The van der Waals surface area contributed by atoms with Gasteiger partial charge in [0.15, 0.2) is 5.78 Å². The summed E-state index contributed by atoms with van der Waals surface area (Å²) in [6.07, 6.45) is 2.40. The number of hydrogen-bond donors (Lipinski definition) is 1. The lowest BCUT2D eigenvalue weighted by Gasteiger charge is -2.41. The number of ketones is 1. The van der Waals surface area contributed by atoms with E-state index in [2.05, 4.69) is 20.8 Å². The number of aliphatic hydroxyl groups is 1. The lowest BCUT2D eigenvalue weighted by molar-refractivity contribution is -0.113. The third-order valence-electron chi connectivity index (χ3n) is 4.83. The van der Waals surface area contributed by atoms with Gasteiger partial charge in [-0.2, -0.15) is 0 Å².